The Bertz CT molecular complexity index is 980. The van der Waals surface area contributed by atoms with Crippen LogP contribution in [0.5, 0.6) is 5.75 Å². The Hall–Kier alpha value is -3.27. The Kier molecular flexibility index (Phi) is 7.28. The summed E-state index contributed by atoms with van der Waals surface area (Å²) in [5, 5.41) is 11.7. The van der Waals surface area contributed by atoms with Crippen LogP contribution in [0.4, 0.5) is 13.2 Å². The summed E-state index contributed by atoms with van der Waals surface area (Å²) in [5.41, 5.74) is 4.27. The van der Waals surface area contributed by atoms with E-state index in [9.17, 15) is 22.8 Å². The molecule has 30 heavy (non-hydrogen) atoms. The van der Waals surface area contributed by atoms with E-state index in [-0.39, 0.29) is 24.7 Å². The molecule has 2 amide bonds. The average molecular weight is 443 g/mol. The van der Waals surface area contributed by atoms with Crippen LogP contribution in [0, 0.1) is 5.41 Å². The number of alkyl halides is 3. The molecule has 7 nitrogen and oxygen atoms in total. The first-order chi connectivity index (χ1) is 14.0. The zero-order valence-electron chi connectivity index (χ0n) is 15.7. The maximum absolute atomic E-state index is 13.3. The maximum atomic E-state index is 13.3. The van der Waals surface area contributed by atoms with Crippen LogP contribution in [0.15, 0.2) is 36.4 Å². The predicted octanol–water partition coefficient (Wildman–Crippen LogP) is 2.70. The highest BCUT2D eigenvalue weighted by Crippen LogP contribution is 2.37. The Balaban J connectivity index is 2.27. The summed E-state index contributed by atoms with van der Waals surface area (Å²) in [6.07, 6.45) is -4.81. The number of nitrogen functional groups attached to an aromatic ring is 1. The molecule has 2 aromatic rings. The van der Waals surface area contributed by atoms with Crippen molar-refractivity contribution in [3.63, 3.8) is 0 Å². The van der Waals surface area contributed by atoms with Crippen LogP contribution in [0.25, 0.3) is 0 Å². The number of hydrogen-bond acceptors (Lipinski definition) is 4. The predicted molar refractivity (Wildman–Crippen MR) is 105 cm³/mol. The molecule has 11 heteroatoms. The molecule has 0 saturated heterocycles. The van der Waals surface area contributed by atoms with E-state index in [1.54, 1.807) is 0 Å². The largest absolute Gasteiger partial charge is 0.483 e. The first-order valence-electron chi connectivity index (χ1n) is 8.49. The van der Waals surface area contributed by atoms with Gasteiger partial charge in [-0.1, -0.05) is 29.8 Å². The van der Waals surface area contributed by atoms with E-state index in [2.05, 4.69) is 10.6 Å². The van der Waals surface area contributed by atoms with Gasteiger partial charge in [-0.05, 0) is 18.2 Å². The van der Waals surface area contributed by atoms with E-state index in [4.69, 9.17) is 27.5 Å². The fourth-order valence-corrected chi connectivity index (χ4v) is 2.77. The van der Waals surface area contributed by atoms with Gasteiger partial charge in [0.15, 0.2) is 6.61 Å². The number of nitrogens with one attached hydrogen (secondary N) is 3. The van der Waals surface area contributed by atoms with Crippen molar-refractivity contribution in [2.75, 3.05) is 13.7 Å². The quantitative estimate of drug-likeness (QED) is 0.389. The van der Waals surface area contributed by atoms with E-state index in [0.717, 1.165) is 12.1 Å². The van der Waals surface area contributed by atoms with Crippen molar-refractivity contribution in [3.8, 4) is 5.75 Å². The van der Waals surface area contributed by atoms with Crippen molar-refractivity contribution < 1.29 is 27.5 Å². The Morgan fingerprint density at radius 1 is 1.23 bits per heavy atom. The molecule has 0 saturated carbocycles. The van der Waals surface area contributed by atoms with E-state index >= 15 is 0 Å². The Morgan fingerprint density at radius 3 is 2.53 bits per heavy atom. The fourth-order valence-electron chi connectivity index (χ4n) is 2.49. The summed E-state index contributed by atoms with van der Waals surface area (Å²) in [6, 6.07) is 7.67. The normalized spacial score (nSPS) is 11.0. The van der Waals surface area contributed by atoms with E-state index < -0.39 is 34.1 Å². The Labute approximate surface area is 174 Å². The number of amidine groups is 1. The standard InChI is InChI=1S/C19H18ClF3N4O3/c1-26-15(28)9-30-14-7-10(17(24)25)5-6-11(14)8-27-18(29)12-3-2-4-13(20)16(12)19(21,22)23/h2-7H,8-9H2,1H3,(H3,24,25)(H,26,28)(H,27,29). The number of hydrogen-bond donors (Lipinski definition) is 4. The molecule has 0 spiro atoms. The molecular weight excluding hydrogens is 425 g/mol. The summed E-state index contributed by atoms with van der Waals surface area (Å²) >= 11 is 5.64. The van der Waals surface area contributed by atoms with E-state index in [0.29, 0.717) is 11.1 Å². The highest BCUT2D eigenvalue weighted by Gasteiger charge is 2.37. The third-order valence-corrected chi connectivity index (χ3v) is 4.31. The fraction of sp³-hybridized carbons (Fsp3) is 0.211. The molecule has 2 rings (SSSR count). The van der Waals surface area contributed by atoms with Crippen molar-refractivity contribution >= 4 is 29.3 Å². The zero-order chi connectivity index (χ0) is 22.5. The maximum Gasteiger partial charge on any atom is 0.418 e. The number of carbonyl (C=O) groups excluding carboxylic acids is 2. The number of carbonyl (C=O) groups is 2. The summed E-state index contributed by atoms with van der Waals surface area (Å²) in [5.74, 6) is -1.51. The summed E-state index contributed by atoms with van der Waals surface area (Å²) < 4.78 is 45.2. The summed E-state index contributed by atoms with van der Waals surface area (Å²) in [7, 11) is 1.42. The summed E-state index contributed by atoms with van der Waals surface area (Å²) in [4.78, 5) is 23.8. The van der Waals surface area contributed by atoms with Gasteiger partial charge in [0.05, 0.1) is 16.1 Å². The second kappa shape index (κ2) is 9.49. The number of rotatable bonds is 7. The molecule has 0 aliphatic heterocycles. The van der Waals surface area contributed by atoms with Crippen molar-refractivity contribution in [1.82, 2.24) is 10.6 Å². The second-order valence-corrected chi connectivity index (χ2v) is 6.45. The Morgan fingerprint density at radius 2 is 1.93 bits per heavy atom. The molecule has 0 atom stereocenters. The van der Waals surface area contributed by atoms with E-state index in [1.807, 2.05) is 0 Å². The second-order valence-electron chi connectivity index (χ2n) is 6.04. The lowest BCUT2D eigenvalue weighted by Crippen LogP contribution is -2.27. The monoisotopic (exact) mass is 442 g/mol. The third-order valence-electron chi connectivity index (χ3n) is 4.00. The van der Waals surface area contributed by atoms with Gasteiger partial charge in [0, 0.05) is 24.7 Å². The minimum absolute atomic E-state index is 0.147. The van der Waals surface area contributed by atoms with Gasteiger partial charge in [-0.2, -0.15) is 13.2 Å². The minimum Gasteiger partial charge on any atom is -0.483 e. The third kappa shape index (κ3) is 5.63. The molecular formula is C19H18ClF3N4O3. The molecule has 0 aliphatic rings. The minimum atomic E-state index is -4.81. The molecule has 160 valence electrons. The number of likely N-dealkylation sites (N-methyl/N-ethyl adjacent to an activating group) is 1. The van der Waals surface area contributed by atoms with Crippen LogP contribution in [0.1, 0.15) is 27.0 Å². The molecule has 0 aromatic heterocycles. The van der Waals surface area contributed by atoms with Gasteiger partial charge in [-0.3, -0.25) is 15.0 Å². The lowest BCUT2D eigenvalue weighted by atomic mass is 10.1. The van der Waals surface area contributed by atoms with Gasteiger partial charge in [-0.25, -0.2) is 0 Å². The highest BCUT2D eigenvalue weighted by molar-refractivity contribution is 6.32. The smallest absolute Gasteiger partial charge is 0.418 e. The molecule has 0 unspecified atom stereocenters. The van der Waals surface area contributed by atoms with Crippen molar-refractivity contribution in [3.05, 3.63) is 63.7 Å². The number of nitrogens with two attached hydrogens (primary N) is 1. The van der Waals surface area contributed by atoms with Crippen LogP contribution in [-0.2, 0) is 17.5 Å². The molecule has 0 aliphatic carbocycles. The zero-order valence-corrected chi connectivity index (χ0v) is 16.4. The topological polar surface area (TPSA) is 117 Å². The highest BCUT2D eigenvalue weighted by atomic mass is 35.5. The molecule has 0 radical (unpaired) electrons. The first kappa shape index (κ1) is 23.0. The van der Waals surface area contributed by atoms with Crippen molar-refractivity contribution in [1.29, 1.82) is 5.41 Å². The van der Waals surface area contributed by atoms with Crippen LogP contribution in [-0.4, -0.2) is 31.3 Å². The van der Waals surface area contributed by atoms with Crippen LogP contribution in [0.2, 0.25) is 5.02 Å². The van der Waals surface area contributed by atoms with Crippen LogP contribution in [0.3, 0.4) is 0 Å². The molecule has 0 fully saturated rings. The summed E-state index contributed by atoms with van der Waals surface area (Å²) in [6.45, 7) is -0.546. The molecule has 2 aromatic carbocycles. The lowest BCUT2D eigenvalue weighted by molar-refractivity contribution is -0.137. The van der Waals surface area contributed by atoms with Gasteiger partial charge in [-0.15, -0.1) is 0 Å². The van der Waals surface area contributed by atoms with Gasteiger partial charge in [0.1, 0.15) is 11.6 Å². The van der Waals surface area contributed by atoms with Gasteiger partial charge in [0.25, 0.3) is 11.8 Å². The van der Waals surface area contributed by atoms with Crippen LogP contribution < -0.4 is 21.1 Å². The van der Waals surface area contributed by atoms with Crippen LogP contribution >= 0.6 is 11.6 Å². The SMILES string of the molecule is CNC(=O)COc1cc(C(=N)N)ccc1CNC(=O)c1cccc(Cl)c1C(F)(F)F. The number of amides is 2. The molecule has 0 heterocycles. The average Bonchev–Trinajstić information content (AvgIpc) is 2.69. The first-order valence-corrected chi connectivity index (χ1v) is 8.87. The number of benzene rings is 2. The number of ether oxygens (including phenoxy) is 1. The van der Waals surface area contributed by atoms with Crippen molar-refractivity contribution in [2.24, 2.45) is 5.73 Å². The van der Waals surface area contributed by atoms with E-state index in [1.165, 1.54) is 31.3 Å². The van der Waals surface area contributed by atoms with Gasteiger partial charge >= 0.3 is 6.18 Å². The van der Waals surface area contributed by atoms with Gasteiger partial charge in [0.2, 0.25) is 0 Å². The number of halogens is 4. The van der Waals surface area contributed by atoms with Gasteiger partial charge < -0.3 is 21.1 Å². The van der Waals surface area contributed by atoms with Crippen molar-refractivity contribution in [2.45, 2.75) is 12.7 Å². The molecule has 0 bridgehead atoms. The lowest BCUT2D eigenvalue weighted by Gasteiger charge is -2.16. The molecule has 5 N–H and O–H groups in total.